The third-order valence-corrected chi connectivity index (χ3v) is 3.34. The molecule has 0 bridgehead atoms. The lowest BCUT2D eigenvalue weighted by molar-refractivity contribution is 0.0119. The van der Waals surface area contributed by atoms with E-state index in [0.29, 0.717) is 19.1 Å². The molecule has 2 N–H and O–H groups in total. The van der Waals surface area contributed by atoms with Gasteiger partial charge in [0, 0.05) is 6.54 Å². The van der Waals surface area contributed by atoms with Gasteiger partial charge in [-0.25, -0.2) is 0 Å². The molecular formula is C10H19NO3. The van der Waals surface area contributed by atoms with Gasteiger partial charge in [0.25, 0.3) is 0 Å². The number of hydrogen-bond acceptors (Lipinski definition) is 4. The van der Waals surface area contributed by atoms with Crippen molar-refractivity contribution in [2.24, 2.45) is 5.92 Å². The second kappa shape index (κ2) is 4.14. The molecule has 0 aromatic rings. The summed E-state index contributed by atoms with van der Waals surface area (Å²) < 4.78 is 5.20. The van der Waals surface area contributed by atoms with Gasteiger partial charge in [-0.3, -0.25) is 4.90 Å². The molecule has 0 amide bonds. The average Bonchev–Trinajstić information content (AvgIpc) is 2.48. The molecule has 2 unspecified atom stereocenters. The second-order valence-corrected chi connectivity index (χ2v) is 4.60. The first-order valence-electron chi connectivity index (χ1n) is 5.31. The molecule has 1 aliphatic heterocycles. The molecule has 1 heterocycles. The van der Waals surface area contributed by atoms with Crippen LogP contribution in [0.4, 0.5) is 0 Å². The van der Waals surface area contributed by atoms with Gasteiger partial charge in [0.05, 0.1) is 31.5 Å². The minimum Gasteiger partial charge on any atom is -0.393 e. The summed E-state index contributed by atoms with van der Waals surface area (Å²) in [5.74, 6) is 0.600. The monoisotopic (exact) mass is 201 g/mol. The first kappa shape index (κ1) is 10.4. The van der Waals surface area contributed by atoms with E-state index in [2.05, 4.69) is 4.90 Å². The summed E-state index contributed by atoms with van der Waals surface area (Å²) in [4.78, 5) is 2.16. The number of nitrogens with zero attached hydrogens (tertiary/aromatic N) is 1. The third kappa shape index (κ3) is 2.08. The van der Waals surface area contributed by atoms with Gasteiger partial charge in [-0.1, -0.05) is 0 Å². The molecule has 1 aliphatic carbocycles. The van der Waals surface area contributed by atoms with E-state index in [0.717, 1.165) is 19.4 Å². The van der Waals surface area contributed by atoms with Crippen LogP contribution < -0.4 is 0 Å². The lowest BCUT2D eigenvalue weighted by Crippen LogP contribution is -2.45. The molecule has 14 heavy (non-hydrogen) atoms. The number of likely N-dealkylation sites (N-methyl/N-ethyl adjacent to an activating group) is 1. The van der Waals surface area contributed by atoms with Gasteiger partial charge in [0.2, 0.25) is 0 Å². The number of hydrogen-bond donors (Lipinski definition) is 2. The van der Waals surface area contributed by atoms with Gasteiger partial charge >= 0.3 is 0 Å². The maximum absolute atomic E-state index is 9.60. The lowest BCUT2D eigenvalue weighted by Gasteiger charge is -2.36. The van der Waals surface area contributed by atoms with Crippen molar-refractivity contribution in [3.8, 4) is 0 Å². The summed E-state index contributed by atoms with van der Waals surface area (Å²) in [6.07, 6.45) is 1.39. The topological polar surface area (TPSA) is 52.9 Å². The van der Waals surface area contributed by atoms with Crippen LogP contribution in [0, 0.1) is 5.92 Å². The van der Waals surface area contributed by atoms with Gasteiger partial charge < -0.3 is 14.9 Å². The predicted molar refractivity (Wildman–Crippen MR) is 52.0 cm³/mol. The van der Waals surface area contributed by atoms with Crippen LogP contribution in [0.2, 0.25) is 0 Å². The Bertz CT molecular complexity index is 194. The van der Waals surface area contributed by atoms with Crippen molar-refractivity contribution in [1.82, 2.24) is 4.90 Å². The molecule has 4 heteroatoms. The largest absolute Gasteiger partial charge is 0.393 e. The first-order valence-corrected chi connectivity index (χ1v) is 5.31. The van der Waals surface area contributed by atoms with E-state index in [-0.39, 0.29) is 18.2 Å². The molecule has 2 aliphatic rings. The highest BCUT2D eigenvalue weighted by Crippen LogP contribution is 2.28. The second-order valence-electron chi connectivity index (χ2n) is 4.60. The third-order valence-electron chi connectivity index (χ3n) is 3.34. The van der Waals surface area contributed by atoms with Crippen LogP contribution in [0.15, 0.2) is 0 Å². The highest BCUT2D eigenvalue weighted by molar-refractivity contribution is 4.86. The van der Waals surface area contributed by atoms with E-state index in [1.807, 2.05) is 7.05 Å². The van der Waals surface area contributed by atoms with Crippen molar-refractivity contribution in [3.05, 3.63) is 0 Å². The molecule has 2 atom stereocenters. The standard InChI is InChI=1S/C10H19NO3/c1-11(4-7-2-8(12)3-7)9-5-14-6-10(9)13/h7-10,12-13H,2-6H2,1H3. The van der Waals surface area contributed by atoms with E-state index < -0.39 is 0 Å². The van der Waals surface area contributed by atoms with Crippen LogP contribution in [0.1, 0.15) is 12.8 Å². The SMILES string of the molecule is CN(CC1CC(O)C1)C1COCC1O. The summed E-state index contributed by atoms with van der Waals surface area (Å²) >= 11 is 0. The lowest BCUT2D eigenvalue weighted by atomic mass is 9.82. The fraction of sp³-hybridized carbons (Fsp3) is 1.00. The van der Waals surface area contributed by atoms with Crippen LogP contribution in [0.5, 0.6) is 0 Å². The number of aliphatic hydroxyl groups is 2. The molecule has 0 aromatic heterocycles. The van der Waals surface area contributed by atoms with Crippen molar-refractivity contribution in [1.29, 1.82) is 0 Å². The zero-order valence-electron chi connectivity index (χ0n) is 8.59. The van der Waals surface area contributed by atoms with Gasteiger partial charge in [-0.15, -0.1) is 0 Å². The maximum Gasteiger partial charge on any atom is 0.0950 e. The molecule has 1 saturated heterocycles. The zero-order valence-corrected chi connectivity index (χ0v) is 8.59. The number of aliphatic hydroxyl groups excluding tert-OH is 2. The summed E-state index contributed by atoms with van der Waals surface area (Å²) in [7, 11) is 2.02. The normalized spacial score (nSPS) is 42.9. The van der Waals surface area contributed by atoms with Gasteiger partial charge in [-0.05, 0) is 25.8 Å². The van der Waals surface area contributed by atoms with Gasteiger partial charge in [-0.2, -0.15) is 0 Å². The van der Waals surface area contributed by atoms with E-state index in [1.165, 1.54) is 0 Å². The maximum atomic E-state index is 9.60. The molecule has 1 saturated carbocycles. The highest BCUT2D eigenvalue weighted by Gasteiger charge is 2.34. The Hall–Kier alpha value is -0.160. The van der Waals surface area contributed by atoms with Crippen LogP contribution in [0.25, 0.3) is 0 Å². The molecular weight excluding hydrogens is 182 g/mol. The van der Waals surface area contributed by atoms with Crippen molar-refractivity contribution < 1.29 is 14.9 Å². The molecule has 2 rings (SSSR count). The Kier molecular flexibility index (Phi) is 3.07. The minimum absolute atomic E-state index is 0.0850. The van der Waals surface area contributed by atoms with E-state index in [4.69, 9.17) is 9.84 Å². The van der Waals surface area contributed by atoms with Crippen molar-refractivity contribution >= 4 is 0 Å². The van der Waals surface area contributed by atoms with E-state index in [1.54, 1.807) is 0 Å². The number of rotatable bonds is 3. The zero-order chi connectivity index (χ0) is 10.1. The average molecular weight is 201 g/mol. The van der Waals surface area contributed by atoms with Crippen molar-refractivity contribution in [3.63, 3.8) is 0 Å². The molecule has 0 radical (unpaired) electrons. The molecule has 4 nitrogen and oxygen atoms in total. The highest BCUT2D eigenvalue weighted by atomic mass is 16.5. The minimum atomic E-state index is -0.343. The summed E-state index contributed by atoms with van der Waals surface area (Å²) in [5, 5.41) is 18.8. The van der Waals surface area contributed by atoms with E-state index in [9.17, 15) is 5.11 Å². The molecule has 2 fully saturated rings. The molecule has 0 aromatic carbocycles. The Morgan fingerprint density at radius 2 is 2.00 bits per heavy atom. The fourth-order valence-electron chi connectivity index (χ4n) is 2.34. The van der Waals surface area contributed by atoms with Gasteiger partial charge in [0.15, 0.2) is 0 Å². The first-order chi connectivity index (χ1) is 6.66. The van der Waals surface area contributed by atoms with Crippen LogP contribution >= 0.6 is 0 Å². The van der Waals surface area contributed by atoms with Crippen LogP contribution in [0.3, 0.4) is 0 Å². The Labute approximate surface area is 84.5 Å². The molecule has 82 valence electrons. The Morgan fingerprint density at radius 1 is 1.29 bits per heavy atom. The quantitative estimate of drug-likeness (QED) is 0.643. The van der Waals surface area contributed by atoms with Crippen molar-refractivity contribution in [2.45, 2.75) is 31.1 Å². The molecule has 0 spiro atoms. The Morgan fingerprint density at radius 3 is 2.50 bits per heavy atom. The van der Waals surface area contributed by atoms with Crippen LogP contribution in [-0.2, 0) is 4.74 Å². The van der Waals surface area contributed by atoms with Crippen molar-refractivity contribution in [2.75, 3.05) is 26.8 Å². The summed E-state index contributed by atoms with van der Waals surface area (Å²) in [6.45, 7) is 2.05. The van der Waals surface area contributed by atoms with Crippen LogP contribution in [-0.4, -0.2) is 60.2 Å². The summed E-state index contributed by atoms with van der Waals surface area (Å²) in [5.41, 5.74) is 0. The summed E-state index contributed by atoms with van der Waals surface area (Å²) in [6, 6.07) is 0.146. The van der Waals surface area contributed by atoms with Gasteiger partial charge in [0.1, 0.15) is 0 Å². The Balaban J connectivity index is 1.74. The number of ether oxygens (including phenoxy) is 1. The predicted octanol–water partition coefficient (Wildman–Crippen LogP) is -0.551. The van der Waals surface area contributed by atoms with E-state index >= 15 is 0 Å². The smallest absolute Gasteiger partial charge is 0.0950 e. The fourth-order valence-corrected chi connectivity index (χ4v) is 2.34.